The van der Waals surface area contributed by atoms with Gasteiger partial charge in [0.2, 0.25) is 5.91 Å². The average molecular weight is 391 g/mol. The maximum Gasteiger partial charge on any atom is 0.287 e. The Hall–Kier alpha value is -3.23. The van der Waals surface area contributed by atoms with Crippen molar-refractivity contribution in [2.75, 3.05) is 26.2 Å². The van der Waals surface area contributed by atoms with Crippen molar-refractivity contribution in [2.24, 2.45) is 0 Å². The lowest BCUT2D eigenvalue weighted by molar-refractivity contribution is -0.134. The van der Waals surface area contributed by atoms with Gasteiger partial charge in [-0.05, 0) is 37.3 Å². The molecule has 0 bridgehead atoms. The molecule has 2 heterocycles. The maximum atomic E-state index is 13.3. The summed E-state index contributed by atoms with van der Waals surface area (Å²) < 4.78 is 31.3. The van der Waals surface area contributed by atoms with Crippen LogP contribution in [-0.4, -0.2) is 59.7 Å². The van der Waals surface area contributed by atoms with Crippen LogP contribution >= 0.6 is 0 Å². The highest BCUT2D eigenvalue weighted by molar-refractivity contribution is 5.96. The largest absolute Gasteiger partial charge is 0.459 e. The van der Waals surface area contributed by atoms with Gasteiger partial charge in [0, 0.05) is 31.7 Å². The number of hydrogen-bond acceptors (Lipinski definition) is 4. The first-order chi connectivity index (χ1) is 13.4. The van der Waals surface area contributed by atoms with Crippen molar-refractivity contribution in [1.29, 1.82) is 0 Å². The molecule has 1 N–H and O–H groups in total. The minimum absolute atomic E-state index is 0.0535. The third kappa shape index (κ3) is 4.19. The molecule has 0 aliphatic carbocycles. The second kappa shape index (κ2) is 8.20. The summed E-state index contributed by atoms with van der Waals surface area (Å²) in [4.78, 5) is 39.9. The molecule has 7 nitrogen and oxygen atoms in total. The quantitative estimate of drug-likeness (QED) is 0.859. The zero-order valence-electron chi connectivity index (χ0n) is 15.2. The lowest BCUT2D eigenvalue weighted by Crippen LogP contribution is -2.55. The molecule has 0 radical (unpaired) electrons. The van der Waals surface area contributed by atoms with E-state index >= 15 is 0 Å². The summed E-state index contributed by atoms with van der Waals surface area (Å²) in [6.07, 6.45) is 1.37. The number of nitrogens with one attached hydrogen (secondary N) is 1. The van der Waals surface area contributed by atoms with Crippen molar-refractivity contribution in [3.8, 4) is 0 Å². The van der Waals surface area contributed by atoms with E-state index in [2.05, 4.69) is 5.32 Å². The van der Waals surface area contributed by atoms with E-state index in [4.69, 9.17) is 4.42 Å². The Bertz CT molecular complexity index is 877. The summed E-state index contributed by atoms with van der Waals surface area (Å²) in [6.45, 7) is 2.62. The smallest absolute Gasteiger partial charge is 0.287 e. The number of carbonyl (C=O) groups excluding carboxylic acids is 3. The molecule has 1 aromatic heterocycles. The minimum atomic E-state index is -1.08. The van der Waals surface area contributed by atoms with Gasteiger partial charge >= 0.3 is 0 Å². The lowest BCUT2D eigenvalue weighted by atomic mass is 10.1. The number of halogens is 2. The van der Waals surface area contributed by atoms with Gasteiger partial charge in [-0.15, -0.1) is 0 Å². The molecule has 2 aromatic rings. The molecule has 3 amide bonds. The fourth-order valence-electron chi connectivity index (χ4n) is 2.95. The Kier molecular flexibility index (Phi) is 5.72. The number of benzene rings is 1. The van der Waals surface area contributed by atoms with Crippen LogP contribution in [0.5, 0.6) is 0 Å². The number of rotatable bonds is 4. The monoisotopic (exact) mass is 391 g/mol. The van der Waals surface area contributed by atoms with E-state index in [1.807, 2.05) is 0 Å². The van der Waals surface area contributed by atoms with E-state index < -0.39 is 29.5 Å². The van der Waals surface area contributed by atoms with E-state index in [1.54, 1.807) is 17.9 Å². The Balaban J connectivity index is 1.54. The van der Waals surface area contributed by atoms with Gasteiger partial charge < -0.3 is 19.5 Å². The normalized spacial score (nSPS) is 15.2. The van der Waals surface area contributed by atoms with Crippen molar-refractivity contribution < 1.29 is 27.6 Å². The fraction of sp³-hybridized carbons (Fsp3) is 0.316. The summed E-state index contributed by atoms with van der Waals surface area (Å²) in [6, 6.07) is 5.31. The Morgan fingerprint density at radius 2 is 1.71 bits per heavy atom. The lowest BCUT2D eigenvalue weighted by Gasteiger charge is -2.36. The molecule has 1 atom stereocenters. The van der Waals surface area contributed by atoms with Gasteiger partial charge in [-0.2, -0.15) is 0 Å². The fourth-order valence-corrected chi connectivity index (χ4v) is 2.95. The third-order valence-electron chi connectivity index (χ3n) is 4.51. The van der Waals surface area contributed by atoms with Gasteiger partial charge in [0.1, 0.15) is 6.04 Å². The molecule has 1 unspecified atom stereocenters. The zero-order chi connectivity index (χ0) is 20.3. The molecule has 1 fully saturated rings. The number of hydrogen-bond donors (Lipinski definition) is 1. The molecular weight excluding hydrogens is 372 g/mol. The van der Waals surface area contributed by atoms with Crippen molar-refractivity contribution >= 4 is 17.7 Å². The number of carbonyl (C=O) groups is 3. The van der Waals surface area contributed by atoms with E-state index in [-0.39, 0.29) is 43.4 Å². The molecule has 9 heteroatoms. The topological polar surface area (TPSA) is 82.9 Å². The predicted molar refractivity (Wildman–Crippen MR) is 94.5 cm³/mol. The van der Waals surface area contributed by atoms with Crippen molar-refractivity contribution in [3.63, 3.8) is 0 Å². The molecule has 1 saturated heterocycles. The zero-order valence-corrected chi connectivity index (χ0v) is 15.2. The van der Waals surface area contributed by atoms with Gasteiger partial charge in [-0.1, -0.05) is 0 Å². The summed E-state index contributed by atoms with van der Waals surface area (Å²) >= 11 is 0. The van der Waals surface area contributed by atoms with Crippen LogP contribution in [0, 0.1) is 11.6 Å². The highest BCUT2D eigenvalue weighted by Gasteiger charge is 2.28. The van der Waals surface area contributed by atoms with Crippen molar-refractivity contribution in [2.45, 2.75) is 13.0 Å². The maximum absolute atomic E-state index is 13.3. The molecule has 1 aliphatic rings. The van der Waals surface area contributed by atoms with Crippen LogP contribution in [-0.2, 0) is 4.79 Å². The van der Waals surface area contributed by atoms with Gasteiger partial charge in [-0.25, -0.2) is 8.78 Å². The Morgan fingerprint density at radius 1 is 1.04 bits per heavy atom. The van der Waals surface area contributed by atoms with E-state index in [9.17, 15) is 23.2 Å². The molecular formula is C19H19F2N3O4. The molecule has 3 rings (SSSR count). The first-order valence-corrected chi connectivity index (χ1v) is 8.74. The number of amides is 3. The van der Waals surface area contributed by atoms with Crippen LogP contribution in [0.1, 0.15) is 27.8 Å². The summed E-state index contributed by atoms with van der Waals surface area (Å²) in [7, 11) is 0. The standard InChI is InChI=1S/C19H19F2N3O4/c1-12(22-17(25)16-3-2-10-28-16)18(26)23-6-8-24(9-7-23)19(27)13-4-5-14(20)15(21)11-13/h2-5,10-12H,6-9H2,1H3,(H,22,25). The molecule has 0 saturated carbocycles. The van der Waals surface area contributed by atoms with E-state index in [0.29, 0.717) is 0 Å². The second-order valence-electron chi connectivity index (χ2n) is 6.42. The highest BCUT2D eigenvalue weighted by atomic mass is 19.2. The Morgan fingerprint density at radius 3 is 2.32 bits per heavy atom. The summed E-state index contributed by atoms with van der Waals surface area (Å²) in [5.74, 6) is -3.18. The van der Waals surface area contributed by atoms with Crippen molar-refractivity contribution in [1.82, 2.24) is 15.1 Å². The van der Waals surface area contributed by atoms with Gasteiger partial charge in [-0.3, -0.25) is 14.4 Å². The van der Waals surface area contributed by atoms with Crippen LogP contribution < -0.4 is 5.32 Å². The van der Waals surface area contributed by atoms with Gasteiger partial charge in [0.25, 0.3) is 11.8 Å². The molecule has 148 valence electrons. The van der Waals surface area contributed by atoms with Crippen molar-refractivity contribution in [3.05, 3.63) is 59.6 Å². The molecule has 28 heavy (non-hydrogen) atoms. The number of piperazine rings is 1. The third-order valence-corrected chi connectivity index (χ3v) is 4.51. The van der Waals surface area contributed by atoms with Gasteiger partial charge in [0.15, 0.2) is 17.4 Å². The predicted octanol–water partition coefficient (Wildman–Crippen LogP) is 1.66. The van der Waals surface area contributed by atoms with Crippen LogP contribution in [0.4, 0.5) is 8.78 Å². The molecule has 1 aromatic carbocycles. The van der Waals surface area contributed by atoms with Crippen LogP contribution in [0.15, 0.2) is 41.0 Å². The van der Waals surface area contributed by atoms with E-state index in [0.717, 1.165) is 12.1 Å². The first kappa shape index (κ1) is 19.5. The molecule has 0 spiro atoms. The minimum Gasteiger partial charge on any atom is -0.459 e. The highest BCUT2D eigenvalue weighted by Crippen LogP contribution is 2.13. The van der Waals surface area contributed by atoms with Crippen LogP contribution in [0.2, 0.25) is 0 Å². The number of furan rings is 1. The van der Waals surface area contributed by atoms with E-state index in [1.165, 1.54) is 23.3 Å². The molecule has 1 aliphatic heterocycles. The Labute approximate surface area is 159 Å². The number of nitrogens with zero attached hydrogens (tertiary/aromatic N) is 2. The summed E-state index contributed by atoms with van der Waals surface area (Å²) in [5.41, 5.74) is 0.0535. The second-order valence-corrected chi connectivity index (χ2v) is 6.42. The van der Waals surface area contributed by atoms with Crippen LogP contribution in [0.25, 0.3) is 0 Å². The van der Waals surface area contributed by atoms with Gasteiger partial charge in [0.05, 0.1) is 6.26 Å². The summed E-state index contributed by atoms with van der Waals surface area (Å²) in [5, 5.41) is 2.57. The SMILES string of the molecule is CC(NC(=O)c1ccco1)C(=O)N1CCN(C(=O)c2ccc(F)c(F)c2)CC1. The van der Waals surface area contributed by atoms with Crippen LogP contribution in [0.3, 0.4) is 0 Å². The first-order valence-electron chi connectivity index (χ1n) is 8.74. The average Bonchev–Trinajstić information content (AvgIpc) is 3.24.